The maximum absolute atomic E-state index is 13.9. The first-order valence-electron chi connectivity index (χ1n) is 14.6. The fraction of sp³-hybridized carbons (Fsp3) is 0.406. The van der Waals surface area contributed by atoms with Crippen LogP contribution in [0.1, 0.15) is 24.8 Å². The number of nitrogens with zero attached hydrogens (tertiary/aromatic N) is 6. The number of hydrogen-bond acceptors (Lipinski definition) is 6. The Balaban J connectivity index is 1.12. The lowest BCUT2D eigenvalue weighted by molar-refractivity contribution is -0.136. The molecule has 1 aromatic heterocycles. The molecule has 1 spiro atoms. The Kier molecular flexibility index (Phi) is 6.36. The molecule has 1 aliphatic carbocycles. The van der Waals surface area contributed by atoms with E-state index in [4.69, 9.17) is 9.73 Å². The Bertz CT molecular complexity index is 1570. The van der Waals surface area contributed by atoms with Crippen molar-refractivity contribution in [3.8, 4) is 22.3 Å². The maximum atomic E-state index is 13.9. The van der Waals surface area contributed by atoms with Crippen LogP contribution in [0.2, 0.25) is 0 Å². The largest absolute Gasteiger partial charge is 0.453 e. The van der Waals surface area contributed by atoms with Crippen LogP contribution < -0.4 is 0 Å². The molecule has 2 saturated heterocycles. The van der Waals surface area contributed by atoms with Gasteiger partial charge in [0.05, 0.1) is 26.4 Å². The van der Waals surface area contributed by atoms with Gasteiger partial charge in [0, 0.05) is 49.9 Å². The molecule has 42 heavy (non-hydrogen) atoms. The number of hydrogen-bond donors (Lipinski definition) is 0. The average Bonchev–Trinajstić information content (AvgIpc) is 3.46. The molecule has 3 fully saturated rings. The molecular formula is C32H34N6O4. The van der Waals surface area contributed by atoms with Crippen molar-refractivity contribution >= 4 is 23.7 Å². The molecule has 0 N–H and O–H groups in total. The van der Waals surface area contributed by atoms with Gasteiger partial charge in [0.15, 0.2) is 5.54 Å². The van der Waals surface area contributed by atoms with Crippen molar-refractivity contribution in [1.29, 1.82) is 0 Å². The minimum atomic E-state index is -0.980. The third kappa shape index (κ3) is 4.64. The molecule has 0 radical (unpaired) electrons. The van der Waals surface area contributed by atoms with Crippen LogP contribution in [0, 0.1) is 11.8 Å². The lowest BCUT2D eigenvalue weighted by Crippen LogP contribution is -2.66. The molecule has 3 aliphatic heterocycles. The summed E-state index contributed by atoms with van der Waals surface area (Å²) in [4.78, 5) is 48.8. The highest BCUT2D eigenvalue weighted by Gasteiger charge is 2.58. The smallest absolute Gasteiger partial charge is 0.409 e. The summed E-state index contributed by atoms with van der Waals surface area (Å²) in [5.41, 5.74) is 4.21. The number of carbonyl (C=O) groups excluding carboxylic acids is 3. The highest BCUT2D eigenvalue weighted by Crippen LogP contribution is 2.37. The summed E-state index contributed by atoms with van der Waals surface area (Å²) in [5.74, 6) is 1.19. The molecule has 10 heteroatoms. The number of rotatable bonds is 6. The van der Waals surface area contributed by atoms with E-state index >= 15 is 0 Å². The zero-order valence-electron chi connectivity index (χ0n) is 23.9. The molecule has 2 aromatic carbocycles. The van der Waals surface area contributed by atoms with Gasteiger partial charge in [-0.1, -0.05) is 48.5 Å². The predicted molar refractivity (Wildman–Crippen MR) is 156 cm³/mol. The van der Waals surface area contributed by atoms with Crippen LogP contribution in [0.4, 0.5) is 4.79 Å². The Morgan fingerprint density at radius 2 is 1.52 bits per heavy atom. The van der Waals surface area contributed by atoms with E-state index < -0.39 is 11.6 Å². The van der Waals surface area contributed by atoms with Gasteiger partial charge in [-0.25, -0.2) is 9.79 Å². The van der Waals surface area contributed by atoms with E-state index in [0.717, 1.165) is 53.6 Å². The van der Waals surface area contributed by atoms with E-state index in [1.807, 2.05) is 36.5 Å². The summed E-state index contributed by atoms with van der Waals surface area (Å²) < 4.78 is 6.65. The number of aliphatic imine (C=N–C) groups is 1. The second-order valence-electron chi connectivity index (χ2n) is 12.0. The van der Waals surface area contributed by atoms with Crippen molar-refractivity contribution in [2.75, 3.05) is 39.8 Å². The summed E-state index contributed by atoms with van der Waals surface area (Å²) >= 11 is 0. The number of benzene rings is 2. The van der Waals surface area contributed by atoms with Gasteiger partial charge in [-0.15, -0.1) is 0 Å². The van der Waals surface area contributed by atoms with Crippen molar-refractivity contribution in [2.45, 2.75) is 24.8 Å². The van der Waals surface area contributed by atoms with Crippen molar-refractivity contribution in [2.24, 2.45) is 23.9 Å². The quantitative estimate of drug-likeness (QED) is 0.455. The monoisotopic (exact) mass is 566 g/mol. The SMILES string of the molecule is COC(=O)N1CC2(C1)N=C(c1ccc(-c3ccc(-c4cnn(C)c4)cc3)cc1)N(C[C@@H]1CCN(C(=O)C3CC3)C1)C2=O. The second kappa shape index (κ2) is 10.1. The molecule has 0 bridgehead atoms. The van der Waals surface area contributed by atoms with Crippen LogP contribution in [0.25, 0.3) is 22.3 Å². The van der Waals surface area contributed by atoms with E-state index in [0.29, 0.717) is 18.9 Å². The summed E-state index contributed by atoms with van der Waals surface area (Å²) in [7, 11) is 3.25. The number of carbonyl (C=O) groups is 3. The first-order valence-corrected chi connectivity index (χ1v) is 14.6. The zero-order chi connectivity index (χ0) is 29.0. The zero-order valence-corrected chi connectivity index (χ0v) is 23.9. The Morgan fingerprint density at radius 1 is 0.905 bits per heavy atom. The Labute approximate surface area is 244 Å². The number of amides is 3. The molecule has 4 heterocycles. The van der Waals surface area contributed by atoms with E-state index in [1.165, 1.54) is 12.0 Å². The lowest BCUT2D eigenvalue weighted by atomic mass is 9.90. The van der Waals surface area contributed by atoms with Gasteiger partial charge in [-0.3, -0.25) is 19.2 Å². The molecule has 1 saturated carbocycles. The van der Waals surface area contributed by atoms with Gasteiger partial charge in [-0.05, 0) is 41.9 Å². The van der Waals surface area contributed by atoms with Crippen molar-refractivity contribution in [3.05, 3.63) is 66.5 Å². The number of aryl methyl sites for hydroxylation is 1. The van der Waals surface area contributed by atoms with Crippen LogP contribution in [-0.4, -0.2) is 93.6 Å². The van der Waals surface area contributed by atoms with Gasteiger partial charge >= 0.3 is 6.09 Å². The van der Waals surface area contributed by atoms with E-state index in [2.05, 4.69) is 41.5 Å². The third-order valence-electron chi connectivity index (χ3n) is 8.92. The topological polar surface area (TPSA) is 100 Å². The highest BCUT2D eigenvalue weighted by molar-refractivity contribution is 6.16. The van der Waals surface area contributed by atoms with E-state index in [1.54, 1.807) is 9.58 Å². The fourth-order valence-corrected chi connectivity index (χ4v) is 6.36. The molecule has 3 amide bonds. The molecule has 4 aliphatic rings. The number of aromatic nitrogens is 2. The average molecular weight is 567 g/mol. The van der Waals surface area contributed by atoms with E-state index in [9.17, 15) is 14.4 Å². The summed E-state index contributed by atoms with van der Waals surface area (Å²) in [6.07, 6.45) is 6.24. The molecule has 0 unspecified atom stereocenters. The molecular weight excluding hydrogens is 532 g/mol. The minimum absolute atomic E-state index is 0.0836. The van der Waals surface area contributed by atoms with Crippen LogP contribution in [0.3, 0.4) is 0 Å². The normalized spacial score (nSPS) is 21.1. The number of amidine groups is 1. The van der Waals surface area contributed by atoms with Crippen LogP contribution in [-0.2, 0) is 21.4 Å². The van der Waals surface area contributed by atoms with Gasteiger partial charge in [-0.2, -0.15) is 5.10 Å². The van der Waals surface area contributed by atoms with Crippen LogP contribution in [0.15, 0.2) is 65.9 Å². The number of methoxy groups -OCH3 is 1. The number of ether oxygens (including phenoxy) is 1. The van der Waals surface area contributed by atoms with Crippen molar-refractivity contribution in [1.82, 2.24) is 24.5 Å². The molecule has 7 rings (SSSR count). The van der Waals surface area contributed by atoms with Gasteiger partial charge in [0.2, 0.25) is 5.91 Å². The molecule has 216 valence electrons. The summed E-state index contributed by atoms with van der Waals surface area (Å²) in [6, 6.07) is 16.5. The molecule has 3 aromatic rings. The third-order valence-corrected chi connectivity index (χ3v) is 8.92. The summed E-state index contributed by atoms with van der Waals surface area (Å²) in [5, 5.41) is 4.26. The van der Waals surface area contributed by atoms with Gasteiger partial charge in [0.25, 0.3) is 5.91 Å². The first kappa shape index (κ1) is 26.4. The van der Waals surface area contributed by atoms with Gasteiger partial charge < -0.3 is 14.5 Å². The second-order valence-corrected chi connectivity index (χ2v) is 12.0. The van der Waals surface area contributed by atoms with Gasteiger partial charge in [0.1, 0.15) is 5.84 Å². The minimum Gasteiger partial charge on any atom is -0.453 e. The Morgan fingerprint density at radius 3 is 2.10 bits per heavy atom. The van der Waals surface area contributed by atoms with Crippen LogP contribution >= 0.6 is 0 Å². The van der Waals surface area contributed by atoms with E-state index in [-0.39, 0.29) is 36.7 Å². The highest BCUT2D eigenvalue weighted by atomic mass is 16.5. The Hall–Kier alpha value is -4.47. The maximum Gasteiger partial charge on any atom is 0.409 e. The predicted octanol–water partition coefficient (Wildman–Crippen LogP) is 3.42. The first-order chi connectivity index (χ1) is 20.3. The molecule has 1 atom stereocenters. The standard InChI is InChI=1S/C32H34N6O4/c1-35-18-27(15-33-35)24-5-3-22(4-6-24)23-7-9-25(10-8-23)28-34-32(19-37(20-32)31(41)42-2)30(40)38(28)17-21-13-14-36(16-21)29(39)26-11-12-26/h3-10,15,18,21,26H,11-14,16-17,19-20H2,1-2H3/t21-/m1/s1. The van der Waals surface area contributed by atoms with Crippen molar-refractivity contribution in [3.63, 3.8) is 0 Å². The lowest BCUT2D eigenvalue weighted by Gasteiger charge is -2.43. The van der Waals surface area contributed by atoms with Crippen LogP contribution in [0.5, 0.6) is 0 Å². The molecule has 10 nitrogen and oxygen atoms in total. The number of likely N-dealkylation sites (tertiary alicyclic amines) is 2. The fourth-order valence-electron chi connectivity index (χ4n) is 6.36. The van der Waals surface area contributed by atoms with Crippen molar-refractivity contribution < 1.29 is 19.1 Å². The summed E-state index contributed by atoms with van der Waals surface area (Å²) in [6.45, 7) is 2.32.